The zero-order valence-electron chi connectivity index (χ0n) is 13.3. The second-order valence-corrected chi connectivity index (χ2v) is 7.15. The first kappa shape index (κ1) is 15.9. The highest BCUT2D eigenvalue weighted by Gasteiger charge is 2.29. The summed E-state index contributed by atoms with van der Waals surface area (Å²) in [6.07, 6.45) is 1.36. The zero-order valence-corrected chi connectivity index (χ0v) is 13.3. The minimum atomic E-state index is 0.278. The maximum Gasteiger partial charge on any atom is 0.0274 e. The molecule has 0 aromatic carbocycles. The molecule has 0 aliphatic carbocycles. The first-order chi connectivity index (χ1) is 8.31. The van der Waals surface area contributed by atoms with Crippen molar-refractivity contribution in [3.63, 3.8) is 0 Å². The molecule has 1 fully saturated rings. The SMILES string of the molecule is CC(C)CNCC1CCN(CC(C)(C)N(C)C)C1. The van der Waals surface area contributed by atoms with Gasteiger partial charge in [-0.2, -0.15) is 0 Å². The van der Waals surface area contributed by atoms with Gasteiger partial charge in [-0.15, -0.1) is 0 Å². The summed E-state index contributed by atoms with van der Waals surface area (Å²) in [6, 6.07) is 0. The van der Waals surface area contributed by atoms with Crippen molar-refractivity contribution in [3.8, 4) is 0 Å². The summed E-state index contributed by atoms with van der Waals surface area (Å²) in [6.45, 7) is 15.3. The predicted octanol–water partition coefficient (Wildman–Crippen LogP) is 1.89. The van der Waals surface area contributed by atoms with Crippen molar-refractivity contribution in [1.29, 1.82) is 0 Å². The molecule has 0 aromatic rings. The maximum atomic E-state index is 3.60. The molecule has 18 heavy (non-hydrogen) atoms. The lowest BCUT2D eigenvalue weighted by molar-refractivity contribution is 0.131. The van der Waals surface area contributed by atoms with E-state index in [0.29, 0.717) is 0 Å². The Balaban J connectivity index is 2.25. The second-order valence-electron chi connectivity index (χ2n) is 7.15. The summed E-state index contributed by atoms with van der Waals surface area (Å²) >= 11 is 0. The molecular formula is C15H33N3. The van der Waals surface area contributed by atoms with Crippen molar-refractivity contribution in [2.75, 3.05) is 46.8 Å². The third-order valence-electron chi connectivity index (χ3n) is 4.18. The van der Waals surface area contributed by atoms with Gasteiger partial charge >= 0.3 is 0 Å². The molecule has 1 atom stereocenters. The molecule has 0 saturated carbocycles. The van der Waals surface area contributed by atoms with E-state index in [1.54, 1.807) is 0 Å². The molecule has 1 heterocycles. The molecular weight excluding hydrogens is 222 g/mol. The minimum Gasteiger partial charge on any atom is -0.316 e. The van der Waals surface area contributed by atoms with Gasteiger partial charge in [-0.3, -0.25) is 0 Å². The van der Waals surface area contributed by atoms with E-state index in [1.165, 1.54) is 32.6 Å². The van der Waals surface area contributed by atoms with Gasteiger partial charge in [-0.25, -0.2) is 0 Å². The van der Waals surface area contributed by atoms with Crippen molar-refractivity contribution >= 4 is 0 Å². The van der Waals surface area contributed by atoms with Crippen molar-refractivity contribution in [2.24, 2.45) is 11.8 Å². The highest BCUT2D eigenvalue weighted by Crippen LogP contribution is 2.20. The molecule has 3 nitrogen and oxygen atoms in total. The second kappa shape index (κ2) is 6.88. The largest absolute Gasteiger partial charge is 0.316 e. The molecule has 0 radical (unpaired) electrons. The molecule has 0 bridgehead atoms. The Labute approximate surface area is 114 Å². The predicted molar refractivity (Wildman–Crippen MR) is 80.0 cm³/mol. The van der Waals surface area contributed by atoms with Crippen molar-refractivity contribution < 1.29 is 0 Å². The summed E-state index contributed by atoms with van der Waals surface area (Å²) in [7, 11) is 4.36. The van der Waals surface area contributed by atoms with Crippen LogP contribution in [0.25, 0.3) is 0 Å². The highest BCUT2D eigenvalue weighted by atomic mass is 15.2. The van der Waals surface area contributed by atoms with Crippen LogP contribution in [0, 0.1) is 11.8 Å². The molecule has 0 spiro atoms. The standard InChI is InChI=1S/C15H33N3/c1-13(2)9-16-10-14-7-8-18(11-14)12-15(3,4)17(5)6/h13-14,16H,7-12H2,1-6H3. The summed E-state index contributed by atoms with van der Waals surface area (Å²) in [5.41, 5.74) is 0.278. The molecule has 1 aliphatic heterocycles. The van der Waals surface area contributed by atoms with Crippen LogP contribution < -0.4 is 5.32 Å². The number of likely N-dealkylation sites (N-methyl/N-ethyl adjacent to an activating group) is 1. The van der Waals surface area contributed by atoms with Crippen LogP contribution in [-0.2, 0) is 0 Å². The van der Waals surface area contributed by atoms with Gasteiger partial charge < -0.3 is 15.1 Å². The third kappa shape index (κ3) is 5.25. The maximum absolute atomic E-state index is 3.60. The fraction of sp³-hybridized carbons (Fsp3) is 1.00. The van der Waals surface area contributed by atoms with E-state index < -0.39 is 0 Å². The number of rotatable bonds is 7. The molecule has 3 heteroatoms. The van der Waals surface area contributed by atoms with E-state index in [4.69, 9.17) is 0 Å². The van der Waals surface area contributed by atoms with Crippen molar-refractivity contribution in [2.45, 2.75) is 39.7 Å². The van der Waals surface area contributed by atoms with E-state index in [1.807, 2.05) is 0 Å². The molecule has 1 N–H and O–H groups in total. The van der Waals surface area contributed by atoms with Gasteiger partial charge in [0.05, 0.1) is 0 Å². The Morgan fingerprint density at radius 1 is 1.33 bits per heavy atom. The van der Waals surface area contributed by atoms with Crippen molar-refractivity contribution in [1.82, 2.24) is 15.1 Å². The Bertz CT molecular complexity index is 236. The average Bonchev–Trinajstić information content (AvgIpc) is 2.64. The molecule has 1 saturated heterocycles. The smallest absolute Gasteiger partial charge is 0.0274 e. The topological polar surface area (TPSA) is 18.5 Å². The average molecular weight is 255 g/mol. The van der Waals surface area contributed by atoms with Crippen LogP contribution in [0.2, 0.25) is 0 Å². The monoisotopic (exact) mass is 255 g/mol. The van der Waals surface area contributed by atoms with Crippen LogP contribution in [0.4, 0.5) is 0 Å². The quantitative estimate of drug-likeness (QED) is 0.749. The number of hydrogen-bond acceptors (Lipinski definition) is 3. The molecule has 1 unspecified atom stereocenters. The Kier molecular flexibility index (Phi) is 6.09. The number of likely N-dealkylation sites (tertiary alicyclic amines) is 1. The van der Waals surface area contributed by atoms with E-state index in [2.05, 4.69) is 56.9 Å². The molecule has 1 rings (SSSR count). The summed E-state index contributed by atoms with van der Waals surface area (Å²) in [5.74, 6) is 1.61. The third-order valence-corrected chi connectivity index (χ3v) is 4.18. The van der Waals surface area contributed by atoms with E-state index in [0.717, 1.165) is 18.4 Å². The van der Waals surface area contributed by atoms with Crippen LogP contribution in [0.3, 0.4) is 0 Å². The zero-order chi connectivity index (χ0) is 13.8. The van der Waals surface area contributed by atoms with Gasteiger partial charge in [0.25, 0.3) is 0 Å². The number of nitrogens with zero attached hydrogens (tertiary/aromatic N) is 2. The van der Waals surface area contributed by atoms with E-state index in [9.17, 15) is 0 Å². The molecule has 0 aromatic heterocycles. The lowest BCUT2D eigenvalue weighted by atomic mass is 10.0. The Morgan fingerprint density at radius 2 is 2.00 bits per heavy atom. The highest BCUT2D eigenvalue weighted by molar-refractivity contribution is 4.86. The first-order valence-electron chi connectivity index (χ1n) is 7.42. The summed E-state index contributed by atoms with van der Waals surface area (Å²) in [4.78, 5) is 4.96. The fourth-order valence-electron chi connectivity index (χ4n) is 2.49. The van der Waals surface area contributed by atoms with Crippen LogP contribution in [0.1, 0.15) is 34.1 Å². The molecule has 108 valence electrons. The van der Waals surface area contributed by atoms with Gasteiger partial charge in [0, 0.05) is 18.6 Å². The summed E-state index contributed by atoms with van der Waals surface area (Å²) < 4.78 is 0. The van der Waals surface area contributed by atoms with Crippen molar-refractivity contribution in [3.05, 3.63) is 0 Å². The Hall–Kier alpha value is -0.120. The van der Waals surface area contributed by atoms with Crippen LogP contribution >= 0.6 is 0 Å². The normalized spacial score (nSPS) is 22.3. The van der Waals surface area contributed by atoms with Gasteiger partial charge in [-0.05, 0) is 65.8 Å². The fourth-order valence-corrected chi connectivity index (χ4v) is 2.49. The minimum absolute atomic E-state index is 0.278. The van der Waals surface area contributed by atoms with Crippen LogP contribution in [0.15, 0.2) is 0 Å². The first-order valence-corrected chi connectivity index (χ1v) is 7.42. The molecule has 0 amide bonds. The van der Waals surface area contributed by atoms with E-state index >= 15 is 0 Å². The van der Waals surface area contributed by atoms with Gasteiger partial charge in [-0.1, -0.05) is 13.8 Å². The molecule has 1 aliphatic rings. The number of hydrogen-bond donors (Lipinski definition) is 1. The van der Waals surface area contributed by atoms with Gasteiger partial charge in [0.1, 0.15) is 0 Å². The number of nitrogens with one attached hydrogen (secondary N) is 1. The van der Waals surface area contributed by atoms with Crippen LogP contribution in [-0.4, -0.2) is 62.2 Å². The summed E-state index contributed by atoms with van der Waals surface area (Å²) in [5, 5.41) is 3.60. The van der Waals surface area contributed by atoms with Gasteiger partial charge in [0.15, 0.2) is 0 Å². The lowest BCUT2D eigenvalue weighted by Crippen LogP contribution is -2.47. The lowest BCUT2D eigenvalue weighted by Gasteiger charge is -2.36. The van der Waals surface area contributed by atoms with Crippen LogP contribution in [0.5, 0.6) is 0 Å². The van der Waals surface area contributed by atoms with Gasteiger partial charge in [0.2, 0.25) is 0 Å². The Morgan fingerprint density at radius 3 is 2.56 bits per heavy atom. The van der Waals surface area contributed by atoms with E-state index in [-0.39, 0.29) is 5.54 Å².